The maximum atomic E-state index is 11.0. The van der Waals surface area contributed by atoms with E-state index in [1.54, 1.807) is 11.8 Å². The number of thiocarbonyl (C=S) groups is 1. The smallest absolute Gasteiger partial charge is 0.239 e. The lowest BCUT2D eigenvalue weighted by molar-refractivity contribution is -0.118. The molecule has 0 bridgehead atoms. The third-order valence-electron chi connectivity index (χ3n) is 2.55. The van der Waals surface area contributed by atoms with E-state index in [2.05, 4.69) is 0 Å². The summed E-state index contributed by atoms with van der Waals surface area (Å²) >= 11 is 4.85. The molecular weight excluding hydrogens is 222 g/mol. The van der Waals surface area contributed by atoms with Crippen LogP contribution in [0.2, 0.25) is 0 Å². The van der Waals surface area contributed by atoms with Gasteiger partial charge in [0.25, 0.3) is 0 Å². The van der Waals surface area contributed by atoms with Crippen molar-refractivity contribution >= 4 is 28.8 Å². The molecule has 1 aromatic rings. The molecule has 4 nitrogen and oxygen atoms in total. The first-order valence-corrected chi connectivity index (χ1v) is 5.26. The minimum Gasteiger partial charge on any atom is -0.389 e. The molecule has 1 amide bonds. The monoisotopic (exact) mass is 237 g/mol. The van der Waals surface area contributed by atoms with Gasteiger partial charge < -0.3 is 16.4 Å². The Kier molecular flexibility index (Phi) is 3.84. The molecule has 1 unspecified atom stereocenters. The second-order valence-corrected chi connectivity index (χ2v) is 4.04. The van der Waals surface area contributed by atoms with Crippen molar-refractivity contribution < 1.29 is 4.79 Å². The Morgan fingerprint density at radius 3 is 2.19 bits per heavy atom. The number of carbonyl (C=O) groups is 1. The van der Waals surface area contributed by atoms with Crippen molar-refractivity contribution in [2.24, 2.45) is 11.5 Å². The fraction of sp³-hybridized carbons (Fsp3) is 0.273. The molecule has 86 valence electrons. The SMILES string of the molecule is CC(C(N)=O)N(C)c1ccc(C(N)=S)cc1. The van der Waals surface area contributed by atoms with Crippen molar-refractivity contribution in [2.45, 2.75) is 13.0 Å². The predicted octanol–water partition coefficient (Wildman–Crippen LogP) is 0.631. The van der Waals surface area contributed by atoms with Crippen molar-refractivity contribution in [2.75, 3.05) is 11.9 Å². The summed E-state index contributed by atoms with van der Waals surface area (Å²) in [5.74, 6) is -0.360. The maximum absolute atomic E-state index is 11.0. The van der Waals surface area contributed by atoms with Gasteiger partial charge in [-0.2, -0.15) is 0 Å². The molecule has 4 N–H and O–H groups in total. The molecule has 0 aliphatic heterocycles. The number of hydrogen-bond donors (Lipinski definition) is 2. The van der Waals surface area contributed by atoms with Crippen LogP contribution in [0.15, 0.2) is 24.3 Å². The van der Waals surface area contributed by atoms with Gasteiger partial charge in [-0.25, -0.2) is 0 Å². The Bertz CT molecular complexity index is 402. The number of carbonyl (C=O) groups excluding carboxylic acids is 1. The zero-order valence-electron chi connectivity index (χ0n) is 9.31. The van der Waals surface area contributed by atoms with Crippen LogP contribution in [0.1, 0.15) is 12.5 Å². The third kappa shape index (κ3) is 2.70. The van der Waals surface area contributed by atoms with E-state index >= 15 is 0 Å². The standard InChI is InChI=1S/C11H15N3OS/c1-7(10(12)15)14(2)9-5-3-8(4-6-9)11(13)16/h3-7H,1-2H3,(H2,12,15)(H2,13,16). The van der Waals surface area contributed by atoms with Gasteiger partial charge in [-0.1, -0.05) is 12.2 Å². The molecule has 0 radical (unpaired) electrons. The molecule has 0 saturated carbocycles. The van der Waals surface area contributed by atoms with Crippen LogP contribution in [-0.2, 0) is 4.79 Å². The average Bonchev–Trinajstić information content (AvgIpc) is 2.27. The lowest BCUT2D eigenvalue weighted by Gasteiger charge is -2.24. The van der Waals surface area contributed by atoms with Gasteiger partial charge in [0.15, 0.2) is 0 Å². The van der Waals surface area contributed by atoms with Crippen LogP contribution >= 0.6 is 12.2 Å². The summed E-state index contributed by atoms with van der Waals surface area (Å²) in [6, 6.07) is 7.00. The molecule has 0 heterocycles. The number of likely N-dealkylation sites (N-methyl/N-ethyl adjacent to an activating group) is 1. The Morgan fingerprint density at radius 1 is 1.31 bits per heavy atom. The van der Waals surface area contributed by atoms with Crippen molar-refractivity contribution in [3.63, 3.8) is 0 Å². The number of benzene rings is 1. The van der Waals surface area contributed by atoms with E-state index in [1.165, 1.54) is 0 Å². The summed E-state index contributed by atoms with van der Waals surface area (Å²) in [6.45, 7) is 1.75. The molecule has 1 rings (SSSR count). The van der Waals surface area contributed by atoms with Crippen LogP contribution in [0.3, 0.4) is 0 Å². The first-order valence-electron chi connectivity index (χ1n) is 4.85. The summed E-state index contributed by atoms with van der Waals surface area (Å²) in [6.07, 6.45) is 0. The number of amides is 1. The molecule has 0 aromatic heterocycles. The van der Waals surface area contributed by atoms with Crippen molar-refractivity contribution in [3.8, 4) is 0 Å². The highest BCUT2D eigenvalue weighted by atomic mass is 32.1. The Morgan fingerprint density at radius 2 is 1.81 bits per heavy atom. The van der Waals surface area contributed by atoms with Crippen molar-refractivity contribution in [3.05, 3.63) is 29.8 Å². The summed E-state index contributed by atoms with van der Waals surface area (Å²) in [4.78, 5) is 13.2. The van der Waals surface area contributed by atoms with Gasteiger partial charge >= 0.3 is 0 Å². The van der Waals surface area contributed by atoms with E-state index in [9.17, 15) is 4.79 Å². The molecule has 0 aliphatic rings. The number of nitrogens with two attached hydrogens (primary N) is 2. The number of rotatable bonds is 4. The predicted molar refractivity (Wildman–Crippen MR) is 69.4 cm³/mol. The fourth-order valence-corrected chi connectivity index (χ4v) is 1.41. The second-order valence-electron chi connectivity index (χ2n) is 3.60. The van der Waals surface area contributed by atoms with Gasteiger partial charge in [-0.05, 0) is 31.2 Å². The molecule has 0 saturated heterocycles. The van der Waals surface area contributed by atoms with Gasteiger partial charge in [0.2, 0.25) is 5.91 Å². The average molecular weight is 237 g/mol. The highest BCUT2D eigenvalue weighted by Crippen LogP contribution is 2.16. The van der Waals surface area contributed by atoms with Crippen LogP contribution < -0.4 is 16.4 Å². The van der Waals surface area contributed by atoms with E-state index in [1.807, 2.05) is 31.3 Å². The van der Waals surface area contributed by atoms with Gasteiger partial charge in [0.05, 0.1) is 0 Å². The molecule has 1 aromatic carbocycles. The normalized spacial score (nSPS) is 11.9. The quantitative estimate of drug-likeness (QED) is 0.753. The molecular formula is C11H15N3OS. The maximum Gasteiger partial charge on any atom is 0.239 e. The summed E-state index contributed by atoms with van der Waals surface area (Å²) in [7, 11) is 1.81. The first kappa shape index (κ1) is 12.4. The largest absolute Gasteiger partial charge is 0.389 e. The zero-order valence-corrected chi connectivity index (χ0v) is 10.1. The molecule has 1 atom stereocenters. The Hall–Kier alpha value is -1.62. The van der Waals surface area contributed by atoms with Crippen LogP contribution in [0.5, 0.6) is 0 Å². The van der Waals surface area contributed by atoms with E-state index in [-0.39, 0.29) is 11.9 Å². The van der Waals surface area contributed by atoms with Gasteiger partial charge in [0, 0.05) is 18.3 Å². The topological polar surface area (TPSA) is 72.4 Å². The third-order valence-corrected chi connectivity index (χ3v) is 2.79. The number of anilines is 1. The van der Waals surface area contributed by atoms with Gasteiger partial charge in [-0.15, -0.1) is 0 Å². The Labute approximate surface area is 100 Å². The molecule has 16 heavy (non-hydrogen) atoms. The summed E-state index contributed by atoms with van der Waals surface area (Å²) in [5.41, 5.74) is 12.4. The number of hydrogen-bond acceptors (Lipinski definition) is 3. The van der Waals surface area contributed by atoms with Gasteiger partial charge in [0.1, 0.15) is 11.0 Å². The highest BCUT2D eigenvalue weighted by molar-refractivity contribution is 7.80. The van der Waals surface area contributed by atoms with Crippen LogP contribution in [-0.4, -0.2) is 24.0 Å². The van der Waals surface area contributed by atoms with E-state index in [4.69, 9.17) is 23.7 Å². The highest BCUT2D eigenvalue weighted by Gasteiger charge is 2.14. The summed E-state index contributed by atoms with van der Waals surface area (Å²) < 4.78 is 0. The zero-order chi connectivity index (χ0) is 12.3. The van der Waals surface area contributed by atoms with Crippen molar-refractivity contribution in [1.82, 2.24) is 0 Å². The van der Waals surface area contributed by atoms with Crippen LogP contribution in [0.4, 0.5) is 5.69 Å². The van der Waals surface area contributed by atoms with E-state index in [0.29, 0.717) is 4.99 Å². The minimum atomic E-state index is -0.360. The Balaban J connectivity index is 2.89. The fourth-order valence-electron chi connectivity index (χ4n) is 1.28. The van der Waals surface area contributed by atoms with E-state index < -0.39 is 0 Å². The lowest BCUT2D eigenvalue weighted by Crippen LogP contribution is -2.40. The van der Waals surface area contributed by atoms with Crippen LogP contribution in [0, 0.1) is 0 Å². The number of primary amides is 1. The van der Waals surface area contributed by atoms with Gasteiger partial charge in [-0.3, -0.25) is 4.79 Å². The first-order chi connectivity index (χ1) is 7.43. The molecule has 0 aliphatic carbocycles. The number of nitrogens with zero attached hydrogens (tertiary/aromatic N) is 1. The molecule has 0 fully saturated rings. The lowest BCUT2D eigenvalue weighted by atomic mass is 10.1. The summed E-state index contributed by atoms with van der Waals surface area (Å²) in [5, 5.41) is 0. The second kappa shape index (κ2) is 4.94. The van der Waals surface area contributed by atoms with Crippen LogP contribution in [0.25, 0.3) is 0 Å². The molecule has 0 spiro atoms. The van der Waals surface area contributed by atoms with E-state index in [0.717, 1.165) is 11.3 Å². The van der Waals surface area contributed by atoms with Crippen molar-refractivity contribution in [1.29, 1.82) is 0 Å². The molecule has 5 heteroatoms. The minimum absolute atomic E-state index is 0.351.